The standard InChI is InChI=1S/C14H18N4O3/c1-3-21-12-5-4-10(6-9(12)8-19)17-14(20)13-11(15)7-16-18(13)2/h4-7,19H,3,8,15H2,1-2H3,(H,17,20). The van der Waals surface area contributed by atoms with E-state index in [1.807, 2.05) is 6.92 Å². The molecule has 0 aliphatic rings. The summed E-state index contributed by atoms with van der Waals surface area (Å²) in [6, 6.07) is 5.07. The summed E-state index contributed by atoms with van der Waals surface area (Å²) >= 11 is 0. The van der Waals surface area contributed by atoms with Gasteiger partial charge in [-0.05, 0) is 25.1 Å². The van der Waals surface area contributed by atoms with Crippen molar-refractivity contribution >= 4 is 17.3 Å². The molecule has 0 aliphatic heterocycles. The number of nitrogens with zero attached hydrogens (tertiary/aromatic N) is 2. The summed E-state index contributed by atoms with van der Waals surface area (Å²) in [5.74, 6) is 0.235. The summed E-state index contributed by atoms with van der Waals surface area (Å²) in [6.45, 7) is 2.19. The lowest BCUT2D eigenvalue weighted by Gasteiger charge is -2.11. The first-order valence-electron chi connectivity index (χ1n) is 6.52. The molecule has 0 atom stereocenters. The molecule has 0 unspecified atom stereocenters. The highest BCUT2D eigenvalue weighted by Gasteiger charge is 2.15. The van der Waals surface area contributed by atoms with Gasteiger partial charge in [0.1, 0.15) is 11.4 Å². The number of hydrogen-bond acceptors (Lipinski definition) is 5. The molecule has 2 rings (SSSR count). The Morgan fingerprint density at radius 3 is 2.86 bits per heavy atom. The van der Waals surface area contributed by atoms with E-state index in [1.165, 1.54) is 10.9 Å². The van der Waals surface area contributed by atoms with Crippen LogP contribution in [-0.2, 0) is 13.7 Å². The number of nitrogen functional groups attached to an aromatic ring is 1. The smallest absolute Gasteiger partial charge is 0.276 e. The third-order valence-corrected chi connectivity index (χ3v) is 2.97. The predicted octanol–water partition coefficient (Wildman–Crippen LogP) is 1.15. The molecule has 0 saturated carbocycles. The Morgan fingerprint density at radius 2 is 2.29 bits per heavy atom. The lowest BCUT2D eigenvalue weighted by molar-refractivity contribution is 0.101. The zero-order valence-corrected chi connectivity index (χ0v) is 12.0. The van der Waals surface area contributed by atoms with Gasteiger partial charge in [-0.2, -0.15) is 5.10 Å². The van der Waals surface area contributed by atoms with Gasteiger partial charge in [-0.15, -0.1) is 0 Å². The van der Waals surface area contributed by atoms with Crippen molar-refractivity contribution < 1.29 is 14.6 Å². The number of benzene rings is 1. The molecule has 0 bridgehead atoms. The summed E-state index contributed by atoms with van der Waals surface area (Å²) in [4.78, 5) is 12.2. The van der Waals surface area contributed by atoms with Crippen LogP contribution in [0.5, 0.6) is 5.75 Å². The summed E-state index contributed by atoms with van der Waals surface area (Å²) in [6.07, 6.45) is 1.42. The van der Waals surface area contributed by atoms with Crippen LogP contribution in [0.4, 0.5) is 11.4 Å². The summed E-state index contributed by atoms with van der Waals surface area (Å²) in [5, 5.41) is 16.0. The Balaban J connectivity index is 2.22. The van der Waals surface area contributed by atoms with Crippen LogP contribution in [0.2, 0.25) is 0 Å². The summed E-state index contributed by atoms with van der Waals surface area (Å²) in [7, 11) is 1.64. The van der Waals surface area contributed by atoms with Crippen molar-refractivity contribution in [3.8, 4) is 5.75 Å². The first kappa shape index (κ1) is 14.9. The number of carbonyl (C=O) groups excluding carboxylic acids is 1. The van der Waals surface area contributed by atoms with Gasteiger partial charge in [-0.25, -0.2) is 0 Å². The Morgan fingerprint density at radius 1 is 1.52 bits per heavy atom. The molecule has 7 heteroatoms. The van der Waals surface area contributed by atoms with Crippen molar-refractivity contribution in [3.63, 3.8) is 0 Å². The van der Waals surface area contributed by atoms with Crippen molar-refractivity contribution in [2.24, 2.45) is 7.05 Å². The first-order chi connectivity index (χ1) is 10.1. The number of aryl methyl sites for hydroxylation is 1. The van der Waals surface area contributed by atoms with E-state index in [0.717, 1.165) is 0 Å². The molecule has 21 heavy (non-hydrogen) atoms. The summed E-state index contributed by atoms with van der Waals surface area (Å²) in [5.41, 5.74) is 7.46. The number of carbonyl (C=O) groups is 1. The minimum absolute atomic E-state index is 0.174. The molecule has 0 aliphatic carbocycles. The van der Waals surface area contributed by atoms with Crippen molar-refractivity contribution in [1.29, 1.82) is 0 Å². The van der Waals surface area contributed by atoms with Gasteiger partial charge in [0.2, 0.25) is 0 Å². The quantitative estimate of drug-likeness (QED) is 0.766. The molecule has 1 amide bonds. The van der Waals surface area contributed by atoms with Gasteiger partial charge >= 0.3 is 0 Å². The van der Waals surface area contributed by atoms with Gasteiger partial charge in [-0.3, -0.25) is 9.48 Å². The molecule has 2 aromatic rings. The highest BCUT2D eigenvalue weighted by Crippen LogP contribution is 2.23. The molecule has 1 aromatic carbocycles. The molecule has 1 heterocycles. The SMILES string of the molecule is CCOc1ccc(NC(=O)c2c(N)cnn2C)cc1CO. The largest absolute Gasteiger partial charge is 0.494 e. The Kier molecular flexibility index (Phi) is 4.44. The maximum atomic E-state index is 12.2. The van der Waals surface area contributed by atoms with Crippen molar-refractivity contribution in [1.82, 2.24) is 9.78 Å². The molecule has 0 fully saturated rings. The molecular weight excluding hydrogens is 272 g/mol. The minimum Gasteiger partial charge on any atom is -0.494 e. The van der Waals surface area contributed by atoms with E-state index in [9.17, 15) is 9.90 Å². The number of hydrogen-bond donors (Lipinski definition) is 3. The predicted molar refractivity (Wildman–Crippen MR) is 79.1 cm³/mol. The lowest BCUT2D eigenvalue weighted by Crippen LogP contribution is -2.17. The van der Waals surface area contributed by atoms with E-state index in [0.29, 0.717) is 29.3 Å². The van der Waals surface area contributed by atoms with Crippen LogP contribution in [0.3, 0.4) is 0 Å². The number of nitrogens with two attached hydrogens (primary N) is 1. The lowest BCUT2D eigenvalue weighted by atomic mass is 10.2. The van der Waals surface area contributed by atoms with Crippen LogP contribution in [0.1, 0.15) is 23.0 Å². The second-order valence-corrected chi connectivity index (χ2v) is 4.44. The Bertz CT molecular complexity index is 632. The van der Waals surface area contributed by atoms with E-state index >= 15 is 0 Å². The molecule has 0 radical (unpaired) electrons. The average Bonchev–Trinajstić information content (AvgIpc) is 2.80. The number of rotatable bonds is 5. The van der Waals surface area contributed by atoms with Crippen LogP contribution in [0, 0.1) is 0 Å². The number of amides is 1. The van der Waals surface area contributed by atoms with Crippen molar-refractivity contribution in [3.05, 3.63) is 35.7 Å². The van der Waals surface area contributed by atoms with Crippen LogP contribution in [-0.4, -0.2) is 27.4 Å². The molecule has 1 aromatic heterocycles. The fraction of sp³-hybridized carbons (Fsp3) is 0.286. The Hall–Kier alpha value is -2.54. The fourth-order valence-corrected chi connectivity index (χ4v) is 2.00. The first-order valence-corrected chi connectivity index (χ1v) is 6.52. The number of nitrogens with one attached hydrogen (secondary N) is 1. The molecule has 0 spiro atoms. The molecule has 112 valence electrons. The molecule has 0 saturated heterocycles. The topological polar surface area (TPSA) is 102 Å². The van der Waals surface area contributed by atoms with Gasteiger partial charge < -0.3 is 20.9 Å². The van der Waals surface area contributed by atoms with Crippen molar-refractivity contribution in [2.45, 2.75) is 13.5 Å². The van der Waals surface area contributed by atoms with Gasteiger partial charge in [0.25, 0.3) is 5.91 Å². The van der Waals surface area contributed by atoms with Crippen LogP contribution >= 0.6 is 0 Å². The van der Waals surface area contributed by atoms with Crippen LogP contribution < -0.4 is 15.8 Å². The van der Waals surface area contributed by atoms with E-state index in [2.05, 4.69) is 10.4 Å². The number of aliphatic hydroxyl groups excluding tert-OH is 1. The zero-order chi connectivity index (χ0) is 15.4. The van der Waals surface area contributed by atoms with Gasteiger partial charge in [0, 0.05) is 18.3 Å². The zero-order valence-electron chi connectivity index (χ0n) is 12.0. The number of aliphatic hydroxyl groups is 1. The van der Waals surface area contributed by atoms with E-state index < -0.39 is 0 Å². The molecular formula is C14H18N4O3. The Labute approximate surface area is 122 Å². The maximum Gasteiger partial charge on any atom is 0.276 e. The molecule has 4 N–H and O–H groups in total. The maximum absolute atomic E-state index is 12.2. The van der Waals surface area contributed by atoms with E-state index in [-0.39, 0.29) is 18.2 Å². The van der Waals surface area contributed by atoms with Gasteiger partial charge in [0.15, 0.2) is 0 Å². The summed E-state index contributed by atoms with van der Waals surface area (Å²) < 4.78 is 6.80. The second kappa shape index (κ2) is 6.27. The number of ether oxygens (including phenoxy) is 1. The normalized spacial score (nSPS) is 10.4. The highest BCUT2D eigenvalue weighted by atomic mass is 16.5. The van der Waals surface area contributed by atoms with Crippen LogP contribution in [0.25, 0.3) is 0 Å². The van der Waals surface area contributed by atoms with Crippen molar-refractivity contribution in [2.75, 3.05) is 17.7 Å². The van der Waals surface area contributed by atoms with E-state index in [4.69, 9.17) is 10.5 Å². The number of anilines is 2. The van der Waals surface area contributed by atoms with Gasteiger partial charge in [-0.1, -0.05) is 0 Å². The third kappa shape index (κ3) is 3.14. The highest BCUT2D eigenvalue weighted by molar-refractivity contribution is 6.06. The van der Waals surface area contributed by atoms with Crippen LogP contribution in [0.15, 0.2) is 24.4 Å². The van der Waals surface area contributed by atoms with E-state index in [1.54, 1.807) is 25.2 Å². The number of aromatic nitrogens is 2. The second-order valence-electron chi connectivity index (χ2n) is 4.44. The average molecular weight is 290 g/mol. The monoisotopic (exact) mass is 290 g/mol. The fourth-order valence-electron chi connectivity index (χ4n) is 2.00. The minimum atomic E-state index is -0.361. The molecule has 7 nitrogen and oxygen atoms in total. The van der Waals surface area contributed by atoms with Gasteiger partial charge in [0.05, 0.1) is 25.1 Å². The third-order valence-electron chi connectivity index (χ3n) is 2.97.